The smallest absolute Gasteiger partial charge is 0.226 e. The predicted octanol–water partition coefficient (Wildman–Crippen LogP) is 0.776. The van der Waals surface area contributed by atoms with E-state index in [-0.39, 0.29) is 29.8 Å². The van der Waals surface area contributed by atoms with Crippen molar-refractivity contribution in [2.45, 2.75) is 13.3 Å². The number of hydrogen-bond donors (Lipinski definition) is 3. The van der Waals surface area contributed by atoms with Crippen molar-refractivity contribution in [3.63, 3.8) is 0 Å². The van der Waals surface area contributed by atoms with Crippen LogP contribution in [0.5, 0.6) is 5.75 Å². The van der Waals surface area contributed by atoms with Crippen LogP contribution in [0.25, 0.3) is 0 Å². The fraction of sp³-hybridized carbons (Fsp3) is 0.385. The van der Waals surface area contributed by atoms with Gasteiger partial charge in [-0.25, -0.2) is 0 Å². The largest absolute Gasteiger partial charge is 0.508 e. The summed E-state index contributed by atoms with van der Waals surface area (Å²) in [5.74, 6) is -0.182. The van der Waals surface area contributed by atoms with E-state index in [2.05, 4.69) is 5.16 Å². The van der Waals surface area contributed by atoms with Crippen molar-refractivity contribution < 1.29 is 15.1 Å². The Balaban J connectivity index is 2.61. The van der Waals surface area contributed by atoms with Crippen LogP contribution in [0.1, 0.15) is 12.5 Å². The summed E-state index contributed by atoms with van der Waals surface area (Å²) in [7, 11) is 1.64. The van der Waals surface area contributed by atoms with Crippen molar-refractivity contribution in [3.8, 4) is 5.75 Å². The molecule has 1 amide bonds. The lowest BCUT2D eigenvalue weighted by atomic mass is 10.1. The Labute approximate surface area is 112 Å². The highest BCUT2D eigenvalue weighted by molar-refractivity contribution is 5.83. The Morgan fingerprint density at radius 1 is 1.47 bits per heavy atom. The number of phenols is 1. The van der Waals surface area contributed by atoms with E-state index in [0.717, 1.165) is 0 Å². The zero-order valence-corrected chi connectivity index (χ0v) is 11.1. The van der Waals surface area contributed by atoms with Gasteiger partial charge in [0, 0.05) is 25.1 Å². The number of benzene rings is 1. The number of amides is 1. The summed E-state index contributed by atoms with van der Waals surface area (Å²) in [5.41, 5.74) is 6.04. The van der Waals surface area contributed by atoms with Crippen molar-refractivity contribution in [3.05, 3.63) is 29.8 Å². The Bertz CT molecular complexity index is 474. The molecule has 1 atom stereocenters. The maximum Gasteiger partial charge on any atom is 0.226 e. The molecule has 0 radical (unpaired) electrons. The van der Waals surface area contributed by atoms with Gasteiger partial charge in [0.2, 0.25) is 5.91 Å². The minimum atomic E-state index is -0.233. The van der Waals surface area contributed by atoms with E-state index in [4.69, 9.17) is 10.9 Å². The molecule has 0 fully saturated rings. The van der Waals surface area contributed by atoms with Crippen LogP contribution in [-0.2, 0) is 11.2 Å². The van der Waals surface area contributed by atoms with Crippen LogP contribution in [0.15, 0.2) is 29.4 Å². The molecule has 1 aromatic carbocycles. The number of rotatable bonds is 5. The van der Waals surface area contributed by atoms with Gasteiger partial charge in [-0.1, -0.05) is 30.3 Å². The van der Waals surface area contributed by atoms with Crippen molar-refractivity contribution in [2.75, 3.05) is 13.6 Å². The van der Waals surface area contributed by atoms with E-state index >= 15 is 0 Å². The summed E-state index contributed by atoms with van der Waals surface area (Å²) in [6.45, 7) is 2.11. The zero-order chi connectivity index (χ0) is 14.4. The normalized spacial score (nSPS) is 13.1. The molecule has 0 saturated heterocycles. The van der Waals surface area contributed by atoms with Gasteiger partial charge >= 0.3 is 0 Å². The number of aromatic hydroxyl groups is 1. The summed E-state index contributed by atoms with van der Waals surface area (Å²) in [6.07, 6.45) is 0.117. The molecular weight excluding hydrogens is 246 g/mol. The first kappa shape index (κ1) is 14.8. The van der Waals surface area contributed by atoms with Gasteiger partial charge in [0.25, 0.3) is 0 Å². The quantitative estimate of drug-likeness (QED) is 0.317. The average Bonchev–Trinajstić information content (AvgIpc) is 2.40. The van der Waals surface area contributed by atoms with Gasteiger partial charge < -0.3 is 20.9 Å². The summed E-state index contributed by atoms with van der Waals surface area (Å²) >= 11 is 0. The first-order valence-corrected chi connectivity index (χ1v) is 5.94. The maximum absolute atomic E-state index is 12.0. The molecule has 0 spiro atoms. The number of nitrogens with two attached hydrogens (primary N) is 1. The first-order valence-electron chi connectivity index (χ1n) is 5.94. The second-order valence-corrected chi connectivity index (χ2v) is 4.51. The number of amidine groups is 1. The number of carbonyl (C=O) groups is 1. The molecule has 0 heterocycles. The van der Waals surface area contributed by atoms with Gasteiger partial charge in [0.15, 0.2) is 0 Å². The average molecular weight is 265 g/mol. The standard InChI is InChI=1S/C13H19N3O3/c1-9(13(14)15-19)8-16(2)12(18)7-10-5-3-4-6-11(10)17/h3-6,9,17,19H,7-8H2,1-2H3,(H2,14,15). The summed E-state index contributed by atoms with van der Waals surface area (Å²) in [4.78, 5) is 13.5. The maximum atomic E-state index is 12.0. The van der Waals surface area contributed by atoms with Crippen LogP contribution in [0.4, 0.5) is 0 Å². The molecular formula is C13H19N3O3. The lowest BCUT2D eigenvalue weighted by Gasteiger charge is -2.21. The highest BCUT2D eigenvalue weighted by Crippen LogP contribution is 2.16. The molecule has 0 aliphatic heterocycles. The van der Waals surface area contributed by atoms with Crippen molar-refractivity contribution >= 4 is 11.7 Å². The Hall–Kier alpha value is -2.24. The third kappa shape index (κ3) is 4.17. The molecule has 6 nitrogen and oxygen atoms in total. The van der Waals surface area contributed by atoms with Crippen LogP contribution in [0.2, 0.25) is 0 Å². The minimum Gasteiger partial charge on any atom is -0.508 e. The van der Waals surface area contributed by atoms with E-state index in [1.54, 1.807) is 38.2 Å². The number of likely N-dealkylation sites (N-methyl/N-ethyl adjacent to an activating group) is 1. The van der Waals surface area contributed by atoms with Crippen molar-refractivity contribution in [1.29, 1.82) is 0 Å². The third-order valence-corrected chi connectivity index (χ3v) is 2.93. The van der Waals surface area contributed by atoms with Gasteiger partial charge in [0.1, 0.15) is 11.6 Å². The molecule has 4 N–H and O–H groups in total. The van der Waals surface area contributed by atoms with E-state index in [0.29, 0.717) is 12.1 Å². The van der Waals surface area contributed by atoms with Crippen LogP contribution >= 0.6 is 0 Å². The van der Waals surface area contributed by atoms with Crippen LogP contribution in [0, 0.1) is 5.92 Å². The minimum absolute atomic E-state index is 0.0854. The predicted molar refractivity (Wildman–Crippen MR) is 72.0 cm³/mol. The lowest BCUT2D eigenvalue weighted by Crippen LogP contribution is -2.37. The first-order chi connectivity index (χ1) is 8.95. The molecule has 1 aromatic rings. The van der Waals surface area contributed by atoms with Crippen molar-refractivity contribution in [2.24, 2.45) is 16.8 Å². The van der Waals surface area contributed by atoms with E-state index < -0.39 is 0 Å². The third-order valence-electron chi connectivity index (χ3n) is 2.93. The molecule has 19 heavy (non-hydrogen) atoms. The molecule has 0 saturated carbocycles. The number of phenolic OH excluding ortho intramolecular Hbond substituents is 1. The monoisotopic (exact) mass is 265 g/mol. The number of oxime groups is 1. The Morgan fingerprint density at radius 2 is 2.11 bits per heavy atom. The van der Waals surface area contributed by atoms with Crippen LogP contribution in [0.3, 0.4) is 0 Å². The number of hydrogen-bond acceptors (Lipinski definition) is 4. The molecule has 0 aliphatic carbocycles. The van der Waals surface area contributed by atoms with Crippen LogP contribution < -0.4 is 5.73 Å². The summed E-state index contributed by atoms with van der Waals surface area (Å²) < 4.78 is 0. The Kier molecular flexibility index (Phi) is 5.17. The van der Waals surface area contributed by atoms with Crippen molar-refractivity contribution in [1.82, 2.24) is 4.90 Å². The second-order valence-electron chi connectivity index (χ2n) is 4.51. The van der Waals surface area contributed by atoms with E-state index in [9.17, 15) is 9.90 Å². The summed E-state index contributed by atoms with van der Waals surface area (Å²) in [5, 5.41) is 21.1. The lowest BCUT2D eigenvalue weighted by molar-refractivity contribution is -0.129. The van der Waals surface area contributed by atoms with Gasteiger partial charge in [-0.2, -0.15) is 0 Å². The SMILES string of the molecule is CC(CN(C)C(=O)Cc1ccccc1O)/C(N)=N/O. The van der Waals surface area contributed by atoms with Gasteiger partial charge in [-0.05, 0) is 6.07 Å². The summed E-state index contributed by atoms with van der Waals surface area (Å²) in [6, 6.07) is 6.71. The second kappa shape index (κ2) is 6.63. The topological polar surface area (TPSA) is 99.2 Å². The zero-order valence-electron chi connectivity index (χ0n) is 11.1. The highest BCUT2D eigenvalue weighted by Gasteiger charge is 2.16. The number of nitrogens with zero attached hydrogens (tertiary/aromatic N) is 2. The van der Waals surface area contributed by atoms with E-state index in [1.165, 1.54) is 4.90 Å². The molecule has 0 bridgehead atoms. The molecule has 104 valence electrons. The molecule has 0 aromatic heterocycles. The molecule has 0 aliphatic rings. The van der Waals surface area contributed by atoms with Gasteiger partial charge in [-0.15, -0.1) is 0 Å². The fourth-order valence-electron chi connectivity index (χ4n) is 1.66. The molecule has 1 unspecified atom stereocenters. The highest BCUT2D eigenvalue weighted by atomic mass is 16.4. The molecule has 6 heteroatoms. The van der Waals surface area contributed by atoms with E-state index in [1.807, 2.05) is 0 Å². The van der Waals surface area contributed by atoms with Gasteiger partial charge in [0.05, 0.1) is 6.42 Å². The number of carbonyl (C=O) groups excluding carboxylic acids is 1. The van der Waals surface area contributed by atoms with Crippen LogP contribution in [-0.4, -0.2) is 40.5 Å². The van der Waals surface area contributed by atoms with Gasteiger partial charge in [-0.3, -0.25) is 4.79 Å². The fourth-order valence-corrected chi connectivity index (χ4v) is 1.66. The molecule has 1 rings (SSSR count). The Morgan fingerprint density at radius 3 is 2.68 bits per heavy atom. The number of para-hydroxylation sites is 1.